The van der Waals surface area contributed by atoms with Gasteiger partial charge in [-0.25, -0.2) is 0 Å². The number of rotatable bonds is 1. The molecule has 0 amide bonds. The summed E-state index contributed by atoms with van der Waals surface area (Å²) in [5, 5.41) is 18.4. The summed E-state index contributed by atoms with van der Waals surface area (Å²) in [4.78, 5) is 10.8. The SMILES string of the molecule is O=C(O)[C@@H]1C[C@@H]2C[C@H](O)C[C@@H](C2)C1. The molecule has 0 aromatic carbocycles. The fraction of sp³-hybridized carbons (Fsp3) is 0.900. The maximum absolute atomic E-state index is 10.8. The zero-order valence-corrected chi connectivity index (χ0v) is 7.65. The first-order chi connectivity index (χ1) is 6.15. The highest BCUT2D eigenvalue weighted by atomic mass is 16.4. The van der Waals surface area contributed by atoms with E-state index in [0.717, 1.165) is 32.1 Å². The molecule has 2 N–H and O–H groups in total. The van der Waals surface area contributed by atoms with Crippen molar-refractivity contribution in [2.45, 2.75) is 38.2 Å². The third-order valence-corrected chi connectivity index (χ3v) is 3.46. The molecule has 0 aliphatic heterocycles. The smallest absolute Gasteiger partial charge is 0.306 e. The van der Waals surface area contributed by atoms with Gasteiger partial charge >= 0.3 is 5.97 Å². The number of aliphatic hydroxyl groups is 1. The van der Waals surface area contributed by atoms with Crippen molar-refractivity contribution in [1.82, 2.24) is 0 Å². The molecule has 3 nitrogen and oxygen atoms in total. The first-order valence-corrected chi connectivity index (χ1v) is 5.06. The van der Waals surface area contributed by atoms with Gasteiger partial charge in [-0.2, -0.15) is 0 Å². The maximum atomic E-state index is 10.8. The Balaban J connectivity index is 2.01. The van der Waals surface area contributed by atoms with Crippen LogP contribution in [0.15, 0.2) is 0 Å². The molecule has 0 saturated heterocycles. The standard InChI is InChI=1S/C10H16O3/c11-9-4-6-1-7(5-9)3-8(2-6)10(12)13/h6-9,11H,1-5H2,(H,12,13)/t6-,7+,8-,9+. The van der Waals surface area contributed by atoms with Gasteiger partial charge in [0.2, 0.25) is 0 Å². The van der Waals surface area contributed by atoms with Gasteiger partial charge in [0.1, 0.15) is 0 Å². The van der Waals surface area contributed by atoms with Gasteiger partial charge < -0.3 is 10.2 Å². The lowest BCUT2D eigenvalue weighted by molar-refractivity contribution is -0.145. The second-order valence-electron chi connectivity index (χ2n) is 4.60. The molecule has 0 radical (unpaired) electrons. The fourth-order valence-electron chi connectivity index (χ4n) is 3.02. The zero-order chi connectivity index (χ0) is 9.42. The molecule has 2 fully saturated rings. The van der Waals surface area contributed by atoms with Gasteiger partial charge in [0.05, 0.1) is 12.0 Å². The third-order valence-electron chi connectivity index (χ3n) is 3.46. The third kappa shape index (κ3) is 1.85. The molecule has 0 heterocycles. The van der Waals surface area contributed by atoms with Gasteiger partial charge in [-0.05, 0) is 43.9 Å². The van der Waals surface area contributed by atoms with E-state index in [1.54, 1.807) is 0 Å². The normalized spacial score (nSPS) is 44.4. The lowest BCUT2D eigenvalue weighted by Gasteiger charge is -2.39. The molecule has 2 saturated carbocycles. The molecule has 3 heteroatoms. The lowest BCUT2D eigenvalue weighted by atomic mass is 9.67. The molecule has 2 rings (SSSR count). The van der Waals surface area contributed by atoms with E-state index in [1.807, 2.05) is 0 Å². The molecule has 0 spiro atoms. The summed E-state index contributed by atoms with van der Waals surface area (Å²) >= 11 is 0. The predicted molar refractivity (Wildman–Crippen MR) is 47.2 cm³/mol. The topological polar surface area (TPSA) is 57.5 Å². The second-order valence-corrected chi connectivity index (χ2v) is 4.60. The Morgan fingerprint density at radius 2 is 1.54 bits per heavy atom. The van der Waals surface area contributed by atoms with Gasteiger partial charge in [-0.15, -0.1) is 0 Å². The van der Waals surface area contributed by atoms with E-state index in [4.69, 9.17) is 5.11 Å². The Labute approximate surface area is 77.8 Å². The fourth-order valence-corrected chi connectivity index (χ4v) is 3.02. The number of aliphatic carboxylic acids is 1. The summed E-state index contributed by atoms with van der Waals surface area (Å²) in [6.45, 7) is 0. The van der Waals surface area contributed by atoms with Crippen LogP contribution in [0.25, 0.3) is 0 Å². The van der Waals surface area contributed by atoms with Crippen LogP contribution in [0.3, 0.4) is 0 Å². The summed E-state index contributed by atoms with van der Waals surface area (Å²) in [6.07, 6.45) is 4.17. The number of carboxylic acids is 1. The van der Waals surface area contributed by atoms with Gasteiger partial charge in [-0.1, -0.05) is 0 Å². The molecule has 0 aromatic heterocycles. The van der Waals surface area contributed by atoms with Crippen LogP contribution in [0.4, 0.5) is 0 Å². The van der Waals surface area contributed by atoms with Crippen molar-refractivity contribution in [2.24, 2.45) is 17.8 Å². The van der Waals surface area contributed by atoms with Crippen LogP contribution in [-0.2, 0) is 4.79 Å². The Bertz CT molecular complexity index is 196. The number of hydrogen-bond acceptors (Lipinski definition) is 2. The van der Waals surface area contributed by atoms with Gasteiger partial charge in [0, 0.05) is 0 Å². The van der Waals surface area contributed by atoms with E-state index in [0.29, 0.717) is 11.8 Å². The van der Waals surface area contributed by atoms with Crippen molar-refractivity contribution >= 4 is 5.97 Å². The highest BCUT2D eigenvalue weighted by Crippen LogP contribution is 2.42. The van der Waals surface area contributed by atoms with Crippen molar-refractivity contribution in [3.05, 3.63) is 0 Å². The van der Waals surface area contributed by atoms with Crippen molar-refractivity contribution in [3.8, 4) is 0 Å². The monoisotopic (exact) mass is 184 g/mol. The first-order valence-electron chi connectivity index (χ1n) is 5.06. The molecule has 74 valence electrons. The van der Waals surface area contributed by atoms with E-state index in [1.165, 1.54) is 0 Å². The number of carbonyl (C=O) groups is 1. The summed E-state index contributed by atoms with van der Waals surface area (Å²) < 4.78 is 0. The summed E-state index contributed by atoms with van der Waals surface area (Å²) in [6, 6.07) is 0. The van der Waals surface area contributed by atoms with Gasteiger partial charge in [0.25, 0.3) is 0 Å². The van der Waals surface area contributed by atoms with Crippen molar-refractivity contribution in [2.75, 3.05) is 0 Å². The molecule has 2 bridgehead atoms. The highest BCUT2D eigenvalue weighted by molar-refractivity contribution is 5.70. The van der Waals surface area contributed by atoms with E-state index < -0.39 is 5.97 Å². The minimum absolute atomic E-state index is 0.142. The van der Waals surface area contributed by atoms with Crippen LogP contribution in [0, 0.1) is 17.8 Å². The average Bonchev–Trinajstić information content (AvgIpc) is 2.01. The molecule has 0 unspecified atom stereocenters. The van der Waals surface area contributed by atoms with Crippen LogP contribution in [0.1, 0.15) is 32.1 Å². The van der Waals surface area contributed by atoms with Crippen molar-refractivity contribution in [3.63, 3.8) is 0 Å². The molecule has 2 aliphatic rings. The van der Waals surface area contributed by atoms with Crippen LogP contribution in [0.5, 0.6) is 0 Å². The predicted octanol–water partition coefficient (Wildman–Crippen LogP) is 1.26. The van der Waals surface area contributed by atoms with E-state index in [2.05, 4.69) is 0 Å². The average molecular weight is 184 g/mol. The molecule has 4 atom stereocenters. The quantitative estimate of drug-likeness (QED) is 0.645. The largest absolute Gasteiger partial charge is 0.481 e. The zero-order valence-electron chi connectivity index (χ0n) is 7.65. The first kappa shape index (κ1) is 9.00. The molecular weight excluding hydrogens is 168 g/mol. The molecule has 13 heavy (non-hydrogen) atoms. The summed E-state index contributed by atoms with van der Waals surface area (Å²) in [5.41, 5.74) is 0. The molecule has 0 aromatic rings. The highest BCUT2D eigenvalue weighted by Gasteiger charge is 2.37. The lowest BCUT2D eigenvalue weighted by Crippen LogP contribution is -2.35. The van der Waals surface area contributed by atoms with E-state index in [9.17, 15) is 9.90 Å². The number of hydrogen-bond donors (Lipinski definition) is 2. The Hall–Kier alpha value is -0.570. The number of fused-ring (bicyclic) bond motifs is 2. The van der Waals surface area contributed by atoms with Crippen LogP contribution < -0.4 is 0 Å². The Morgan fingerprint density at radius 1 is 1.00 bits per heavy atom. The van der Waals surface area contributed by atoms with Crippen LogP contribution in [0.2, 0.25) is 0 Å². The van der Waals surface area contributed by atoms with Crippen molar-refractivity contribution < 1.29 is 15.0 Å². The molecular formula is C10H16O3. The van der Waals surface area contributed by atoms with E-state index >= 15 is 0 Å². The van der Waals surface area contributed by atoms with Crippen LogP contribution >= 0.6 is 0 Å². The maximum Gasteiger partial charge on any atom is 0.306 e. The second kappa shape index (κ2) is 3.29. The van der Waals surface area contributed by atoms with Gasteiger partial charge in [0.15, 0.2) is 0 Å². The van der Waals surface area contributed by atoms with Crippen molar-refractivity contribution in [1.29, 1.82) is 0 Å². The van der Waals surface area contributed by atoms with Crippen LogP contribution in [-0.4, -0.2) is 22.3 Å². The number of aliphatic hydroxyl groups excluding tert-OH is 1. The van der Waals surface area contributed by atoms with Gasteiger partial charge in [-0.3, -0.25) is 4.79 Å². The Morgan fingerprint density at radius 3 is 2.00 bits per heavy atom. The number of carboxylic acid groups (broad SMARTS) is 1. The summed E-state index contributed by atoms with van der Waals surface area (Å²) in [7, 11) is 0. The minimum atomic E-state index is -0.647. The van der Waals surface area contributed by atoms with E-state index in [-0.39, 0.29) is 12.0 Å². The Kier molecular flexibility index (Phi) is 2.28. The minimum Gasteiger partial charge on any atom is -0.481 e. The molecule has 2 aliphatic carbocycles. The summed E-state index contributed by atoms with van der Waals surface area (Å²) in [5.74, 6) is 0.134.